The second kappa shape index (κ2) is 6.01. The van der Waals surface area contributed by atoms with Crippen molar-refractivity contribution in [1.82, 2.24) is 9.38 Å². The first-order chi connectivity index (χ1) is 11.7. The quantitative estimate of drug-likeness (QED) is 0.741. The molecule has 0 spiro atoms. The zero-order valence-corrected chi connectivity index (χ0v) is 15.8. The number of nitrogens with one attached hydrogen (secondary N) is 1. The van der Waals surface area contributed by atoms with Crippen LogP contribution in [0.5, 0.6) is 0 Å². The number of pyridine rings is 1. The van der Waals surface area contributed by atoms with E-state index in [1.807, 2.05) is 37.6 Å². The van der Waals surface area contributed by atoms with E-state index in [1.54, 1.807) is 4.40 Å². The molecular weight excluding hydrogens is 332 g/mol. The summed E-state index contributed by atoms with van der Waals surface area (Å²) in [7, 11) is 0. The van der Waals surface area contributed by atoms with Crippen LogP contribution in [0.3, 0.4) is 0 Å². The number of nitriles is 1. The molecule has 1 amide bonds. The fraction of sp³-hybridized carbons (Fsp3) is 0.316. The topological polar surface area (TPSA) is 70.2 Å². The van der Waals surface area contributed by atoms with Gasteiger partial charge in [-0.1, -0.05) is 20.8 Å². The van der Waals surface area contributed by atoms with E-state index < -0.39 is 0 Å². The highest BCUT2D eigenvalue weighted by Crippen LogP contribution is 2.35. The van der Waals surface area contributed by atoms with Crippen LogP contribution in [0.4, 0.5) is 5.00 Å². The van der Waals surface area contributed by atoms with Gasteiger partial charge in [-0.15, -0.1) is 11.3 Å². The minimum absolute atomic E-state index is 0.151. The maximum absolute atomic E-state index is 12.8. The van der Waals surface area contributed by atoms with Gasteiger partial charge in [-0.05, 0) is 47.9 Å². The average molecular weight is 352 g/mol. The summed E-state index contributed by atoms with van der Waals surface area (Å²) in [4.78, 5) is 17.3. The lowest BCUT2D eigenvalue weighted by Gasteiger charge is -2.17. The van der Waals surface area contributed by atoms with E-state index in [-0.39, 0.29) is 11.3 Å². The van der Waals surface area contributed by atoms with Gasteiger partial charge in [0.2, 0.25) is 0 Å². The van der Waals surface area contributed by atoms with Crippen molar-refractivity contribution in [3.05, 3.63) is 51.8 Å². The first-order valence-electron chi connectivity index (χ1n) is 8.01. The number of imidazole rings is 1. The summed E-state index contributed by atoms with van der Waals surface area (Å²) in [5.74, 6) is -0.257. The molecule has 0 saturated heterocycles. The summed E-state index contributed by atoms with van der Waals surface area (Å²) in [6.07, 6.45) is 1.85. The number of hydrogen-bond donors (Lipinski definition) is 1. The first-order valence-corrected chi connectivity index (χ1v) is 8.89. The first kappa shape index (κ1) is 17.2. The van der Waals surface area contributed by atoms with Crippen molar-refractivity contribution >= 4 is 27.9 Å². The second-order valence-corrected chi connectivity index (χ2v) is 8.03. The van der Waals surface area contributed by atoms with Gasteiger partial charge in [0.15, 0.2) is 0 Å². The highest BCUT2D eigenvalue weighted by molar-refractivity contribution is 7.14. The highest BCUT2D eigenvalue weighted by Gasteiger charge is 2.24. The molecule has 0 aliphatic rings. The Bertz CT molecular complexity index is 1010. The van der Waals surface area contributed by atoms with Crippen molar-refractivity contribution in [2.45, 2.75) is 40.0 Å². The lowest BCUT2D eigenvalue weighted by Crippen LogP contribution is -2.16. The Kier molecular flexibility index (Phi) is 4.13. The van der Waals surface area contributed by atoms with Crippen molar-refractivity contribution in [3.63, 3.8) is 0 Å². The third-order valence-corrected chi connectivity index (χ3v) is 5.00. The molecule has 0 aliphatic carbocycles. The van der Waals surface area contributed by atoms with E-state index in [0.29, 0.717) is 22.0 Å². The fourth-order valence-electron chi connectivity index (χ4n) is 2.81. The Labute approximate surface area is 150 Å². The molecule has 0 radical (unpaired) electrons. The van der Waals surface area contributed by atoms with Crippen LogP contribution in [0, 0.1) is 25.2 Å². The second-order valence-electron chi connectivity index (χ2n) is 7.15. The van der Waals surface area contributed by atoms with Gasteiger partial charge < -0.3 is 5.32 Å². The molecule has 0 fully saturated rings. The number of nitrogens with zero attached hydrogens (tertiary/aromatic N) is 3. The fourth-order valence-corrected chi connectivity index (χ4v) is 3.95. The molecule has 1 N–H and O–H groups in total. The van der Waals surface area contributed by atoms with Crippen molar-refractivity contribution in [2.75, 3.05) is 5.32 Å². The van der Waals surface area contributed by atoms with Gasteiger partial charge in [0.25, 0.3) is 5.91 Å². The maximum Gasteiger partial charge on any atom is 0.275 e. The monoisotopic (exact) mass is 352 g/mol. The SMILES string of the molecule is Cc1ccn2c(C(=O)Nc3scc(C(C)(C)C)c3C#N)c(C)nc2c1. The minimum Gasteiger partial charge on any atom is -0.311 e. The number of rotatable bonds is 2. The van der Waals surface area contributed by atoms with Gasteiger partial charge in [-0.3, -0.25) is 9.20 Å². The highest BCUT2D eigenvalue weighted by atomic mass is 32.1. The number of carbonyl (C=O) groups excluding carboxylic acids is 1. The third-order valence-electron chi connectivity index (χ3n) is 4.11. The number of carbonyl (C=O) groups is 1. The van der Waals surface area contributed by atoms with Crippen molar-refractivity contribution in [1.29, 1.82) is 5.26 Å². The van der Waals surface area contributed by atoms with Gasteiger partial charge in [-0.2, -0.15) is 5.26 Å². The molecule has 25 heavy (non-hydrogen) atoms. The third kappa shape index (κ3) is 3.03. The molecule has 3 rings (SSSR count). The maximum atomic E-state index is 12.8. The smallest absolute Gasteiger partial charge is 0.275 e. The Balaban J connectivity index is 2.01. The molecule has 3 aromatic heterocycles. The predicted octanol–water partition coefficient (Wildman–Crippen LogP) is 4.43. The van der Waals surface area contributed by atoms with E-state index in [0.717, 1.165) is 16.8 Å². The summed E-state index contributed by atoms with van der Waals surface area (Å²) in [5, 5.41) is 15.0. The van der Waals surface area contributed by atoms with E-state index >= 15 is 0 Å². The number of amides is 1. The zero-order chi connectivity index (χ0) is 18.4. The van der Waals surface area contributed by atoms with Crippen LogP contribution in [0.2, 0.25) is 0 Å². The molecule has 3 heterocycles. The largest absolute Gasteiger partial charge is 0.311 e. The van der Waals surface area contributed by atoms with Crippen molar-refractivity contribution in [3.8, 4) is 6.07 Å². The Morgan fingerprint density at radius 2 is 2.08 bits per heavy atom. The van der Waals surface area contributed by atoms with E-state index in [2.05, 4.69) is 37.1 Å². The normalized spacial score (nSPS) is 11.5. The molecule has 128 valence electrons. The lowest BCUT2D eigenvalue weighted by molar-refractivity contribution is 0.102. The van der Waals surface area contributed by atoms with Gasteiger partial charge in [0.1, 0.15) is 22.4 Å². The van der Waals surface area contributed by atoms with Crippen LogP contribution >= 0.6 is 11.3 Å². The Hall–Kier alpha value is -2.65. The number of thiophene rings is 1. The molecule has 6 heteroatoms. The van der Waals surface area contributed by atoms with E-state index in [9.17, 15) is 10.1 Å². The van der Waals surface area contributed by atoms with Crippen LogP contribution < -0.4 is 5.32 Å². The standard InChI is InChI=1S/C19H20N4OS/c1-11-6-7-23-15(8-11)21-12(2)16(23)17(24)22-18-13(9-20)14(10-25-18)19(3,4)5/h6-8,10H,1-5H3,(H,22,24). The molecule has 0 aliphatic heterocycles. The molecule has 0 aromatic carbocycles. The van der Waals surface area contributed by atoms with Gasteiger partial charge >= 0.3 is 0 Å². The van der Waals surface area contributed by atoms with E-state index in [1.165, 1.54) is 11.3 Å². The van der Waals surface area contributed by atoms with Crippen LogP contribution in [-0.2, 0) is 5.41 Å². The zero-order valence-electron chi connectivity index (χ0n) is 15.0. The molecule has 0 saturated carbocycles. The molecule has 0 unspecified atom stereocenters. The van der Waals surface area contributed by atoms with Crippen LogP contribution in [0.1, 0.15) is 53.6 Å². The van der Waals surface area contributed by atoms with Gasteiger partial charge in [-0.25, -0.2) is 4.98 Å². The molecule has 0 bridgehead atoms. The van der Waals surface area contributed by atoms with Crippen molar-refractivity contribution < 1.29 is 4.79 Å². The summed E-state index contributed by atoms with van der Waals surface area (Å²) in [6.45, 7) is 9.97. The lowest BCUT2D eigenvalue weighted by atomic mass is 9.86. The summed E-state index contributed by atoms with van der Waals surface area (Å²) in [5.41, 5.74) is 4.31. The number of aryl methyl sites for hydroxylation is 2. The van der Waals surface area contributed by atoms with Gasteiger partial charge in [0, 0.05) is 6.20 Å². The van der Waals surface area contributed by atoms with Crippen LogP contribution in [-0.4, -0.2) is 15.3 Å². The van der Waals surface area contributed by atoms with Crippen LogP contribution in [0.25, 0.3) is 5.65 Å². The minimum atomic E-state index is -0.257. The number of aromatic nitrogens is 2. The summed E-state index contributed by atoms with van der Waals surface area (Å²) < 4.78 is 1.78. The summed E-state index contributed by atoms with van der Waals surface area (Å²) in [6, 6.07) is 6.11. The van der Waals surface area contributed by atoms with Crippen molar-refractivity contribution in [2.24, 2.45) is 0 Å². The van der Waals surface area contributed by atoms with Crippen LogP contribution in [0.15, 0.2) is 23.7 Å². The Morgan fingerprint density at radius 3 is 2.72 bits per heavy atom. The molecule has 5 nitrogen and oxygen atoms in total. The average Bonchev–Trinajstić information content (AvgIpc) is 3.06. The van der Waals surface area contributed by atoms with E-state index in [4.69, 9.17) is 0 Å². The number of anilines is 1. The van der Waals surface area contributed by atoms with Gasteiger partial charge in [0.05, 0.1) is 11.3 Å². The summed E-state index contributed by atoms with van der Waals surface area (Å²) >= 11 is 1.38. The molecular formula is C19H20N4OS. The predicted molar refractivity (Wildman–Crippen MR) is 100 cm³/mol. The molecule has 0 atom stereocenters. The number of fused-ring (bicyclic) bond motifs is 1. The Morgan fingerprint density at radius 1 is 1.36 bits per heavy atom. The molecule has 3 aromatic rings. The number of hydrogen-bond acceptors (Lipinski definition) is 4.